The van der Waals surface area contributed by atoms with E-state index in [1.807, 2.05) is 25.1 Å². The maximum atomic E-state index is 12.4. The van der Waals surface area contributed by atoms with Gasteiger partial charge in [-0.15, -0.1) is 0 Å². The van der Waals surface area contributed by atoms with E-state index in [-0.39, 0.29) is 18.1 Å². The second kappa shape index (κ2) is 5.87. The summed E-state index contributed by atoms with van der Waals surface area (Å²) in [5, 5.41) is 4.04. The number of fused-ring (bicyclic) bond motifs is 1. The minimum Gasteiger partial charge on any atom is -0.379 e. The number of aryl methyl sites for hydroxylation is 1. The summed E-state index contributed by atoms with van der Waals surface area (Å²) < 4.78 is 10.8. The van der Waals surface area contributed by atoms with Crippen LogP contribution in [0, 0.1) is 6.92 Å². The molecule has 1 aliphatic rings. The fourth-order valence-electron chi connectivity index (χ4n) is 2.76. The number of carbonyl (C=O) groups excluding carboxylic acids is 1. The SMILES string of the molecule is CO[C@@H]1CCOC[C@H]1NC(=O)c1cc2cc(C)ccc2[nH]1. The molecule has 2 N–H and O–H groups in total. The highest BCUT2D eigenvalue weighted by Gasteiger charge is 2.27. The van der Waals surface area contributed by atoms with Crippen LogP contribution in [0.5, 0.6) is 0 Å². The zero-order chi connectivity index (χ0) is 14.8. The van der Waals surface area contributed by atoms with Crippen LogP contribution in [0.15, 0.2) is 24.3 Å². The first kappa shape index (κ1) is 14.1. The summed E-state index contributed by atoms with van der Waals surface area (Å²) in [6.45, 7) is 3.20. The minimum absolute atomic E-state index is 0.00863. The van der Waals surface area contributed by atoms with Crippen LogP contribution in [-0.2, 0) is 9.47 Å². The van der Waals surface area contributed by atoms with Gasteiger partial charge in [0.15, 0.2) is 0 Å². The zero-order valence-corrected chi connectivity index (χ0v) is 12.3. The molecule has 21 heavy (non-hydrogen) atoms. The van der Waals surface area contributed by atoms with E-state index in [0.29, 0.717) is 18.9 Å². The van der Waals surface area contributed by atoms with Gasteiger partial charge in [0.2, 0.25) is 0 Å². The van der Waals surface area contributed by atoms with Crippen LogP contribution in [0.1, 0.15) is 22.5 Å². The lowest BCUT2D eigenvalue weighted by Gasteiger charge is -2.30. The fraction of sp³-hybridized carbons (Fsp3) is 0.438. The monoisotopic (exact) mass is 288 g/mol. The average Bonchev–Trinajstić information content (AvgIpc) is 2.91. The van der Waals surface area contributed by atoms with E-state index in [9.17, 15) is 4.79 Å². The van der Waals surface area contributed by atoms with Gasteiger partial charge in [0, 0.05) is 24.6 Å². The van der Waals surface area contributed by atoms with Crippen LogP contribution in [0.25, 0.3) is 10.9 Å². The molecule has 2 aromatic rings. The predicted molar refractivity (Wildman–Crippen MR) is 80.5 cm³/mol. The van der Waals surface area contributed by atoms with E-state index >= 15 is 0 Å². The molecule has 1 saturated heterocycles. The minimum atomic E-state index is -0.124. The normalized spacial score (nSPS) is 22.4. The molecule has 1 aromatic heterocycles. The topological polar surface area (TPSA) is 63.4 Å². The highest BCUT2D eigenvalue weighted by atomic mass is 16.5. The van der Waals surface area contributed by atoms with Crippen LogP contribution in [0.4, 0.5) is 0 Å². The summed E-state index contributed by atoms with van der Waals surface area (Å²) in [5.74, 6) is -0.124. The summed E-state index contributed by atoms with van der Waals surface area (Å²) in [7, 11) is 1.67. The van der Waals surface area contributed by atoms with Crippen molar-refractivity contribution in [3.05, 3.63) is 35.5 Å². The number of ether oxygens (including phenoxy) is 2. The number of hydrogen-bond donors (Lipinski definition) is 2. The molecule has 1 aliphatic heterocycles. The van der Waals surface area contributed by atoms with E-state index in [0.717, 1.165) is 17.3 Å². The van der Waals surface area contributed by atoms with Gasteiger partial charge in [-0.2, -0.15) is 0 Å². The van der Waals surface area contributed by atoms with Crippen molar-refractivity contribution < 1.29 is 14.3 Å². The van der Waals surface area contributed by atoms with Crippen LogP contribution >= 0.6 is 0 Å². The van der Waals surface area contributed by atoms with E-state index < -0.39 is 0 Å². The Morgan fingerprint density at radius 1 is 1.43 bits per heavy atom. The number of amides is 1. The molecule has 3 rings (SSSR count). The number of hydrogen-bond acceptors (Lipinski definition) is 3. The van der Waals surface area contributed by atoms with Crippen LogP contribution < -0.4 is 5.32 Å². The van der Waals surface area contributed by atoms with E-state index in [1.54, 1.807) is 7.11 Å². The molecular formula is C16H20N2O3. The summed E-state index contributed by atoms with van der Waals surface area (Å²) >= 11 is 0. The Morgan fingerprint density at radius 2 is 2.29 bits per heavy atom. The Kier molecular flexibility index (Phi) is 3.94. The second-order valence-corrected chi connectivity index (χ2v) is 5.49. The lowest BCUT2D eigenvalue weighted by atomic mass is 10.1. The first-order chi connectivity index (χ1) is 10.2. The highest BCUT2D eigenvalue weighted by Crippen LogP contribution is 2.18. The van der Waals surface area contributed by atoms with Crippen molar-refractivity contribution in [3.63, 3.8) is 0 Å². The van der Waals surface area contributed by atoms with Gasteiger partial charge in [-0.05, 0) is 31.5 Å². The number of carbonyl (C=O) groups is 1. The Labute approximate surface area is 123 Å². The van der Waals surface area contributed by atoms with Gasteiger partial charge in [0.05, 0.1) is 18.8 Å². The summed E-state index contributed by atoms with van der Waals surface area (Å²) in [4.78, 5) is 15.5. The fourth-order valence-corrected chi connectivity index (χ4v) is 2.76. The van der Waals surface area contributed by atoms with E-state index in [2.05, 4.69) is 16.4 Å². The molecule has 0 bridgehead atoms. The number of benzene rings is 1. The summed E-state index contributed by atoms with van der Waals surface area (Å²) in [6, 6.07) is 7.84. The van der Waals surface area contributed by atoms with Crippen molar-refractivity contribution in [3.8, 4) is 0 Å². The maximum absolute atomic E-state index is 12.4. The predicted octanol–water partition coefficient (Wildman–Crippen LogP) is 2.01. The third kappa shape index (κ3) is 2.94. The lowest BCUT2D eigenvalue weighted by molar-refractivity contribution is -0.0349. The molecule has 5 heteroatoms. The van der Waals surface area contributed by atoms with Crippen molar-refractivity contribution in [2.75, 3.05) is 20.3 Å². The molecule has 1 amide bonds. The molecular weight excluding hydrogens is 268 g/mol. The zero-order valence-electron chi connectivity index (χ0n) is 12.3. The van der Waals surface area contributed by atoms with Gasteiger partial charge in [-0.1, -0.05) is 11.6 Å². The Bertz CT molecular complexity index is 650. The van der Waals surface area contributed by atoms with Gasteiger partial charge < -0.3 is 19.8 Å². The largest absolute Gasteiger partial charge is 0.379 e. The van der Waals surface area contributed by atoms with Gasteiger partial charge in [0.25, 0.3) is 5.91 Å². The first-order valence-corrected chi connectivity index (χ1v) is 7.18. The Hall–Kier alpha value is -1.85. The number of H-pyrrole nitrogens is 1. The molecule has 0 unspecified atom stereocenters. The molecule has 1 fully saturated rings. The highest BCUT2D eigenvalue weighted by molar-refractivity contribution is 5.98. The van der Waals surface area contributed by atoms with Crippen molar-refractivity contribution in [2.24, 2.45) is 0 Å². The second-order valence-electron chi connectivity index (χ2n) is 5.49. The van der Waals surface area contributed by atoms with E-state index in [4.69, 9.17) is 9.47 Å². The number of methoxy groups -OCH3 is 1. The molecule has 2 heterocycles. The summed E-state index contributed by atoms with van der Waals surface area (Å²) in [5.41, 5.74) is 2.71. The van der Waals surface area contributed by atoms with Gasteiger partial charge in [0.1, 0.15) is 5.69 Å². The first-order valence-electron chi connectivity index (χ1n) is 7.18. The summed E-state index contributed by atoms with van der Waals surface area (Å²) in [6.07, 6.45) is 0.808. The van der Waals surface area contributed by atoms with Crippen LogP contribution in [-0.4, -0.2) is 43.4 Å². The molecule has 2 atom stereocenters. The smallest absolute Gasteiger partial charge is 0.268 e. The van der Waals surface area contributed by atoms with Crippen LogP contribution in [0.3, 0.4) is 0 Å². The number of rotatable bonds is 3. The van der Waals surface area contributed by atoms with Crippen molar-refractivity contribution in [1.29, 1.82) is 0 Å². The Balaban J connectivity index is 1.77. The van der Waals surface area contributed by atoms with Crippen molar-refractivity contribution in [1.82, 2.24) is 10.3 Å². The van der Waals surface area contributed by atoms with Gasteiger partial charge in [-0.3, -0.25) is 4.79 Å². The third-order valence-corrected chi connectivity index (χ3v) is 3.93. The lowest BCUT2D eigenvalue weighted by Crippen LogP contribution is -2.50. The standard InChI is InChI=1S/C16H20N2O3/c1-10-3-4-12-11(7-10)8-13(17-12)16(19)18-14-9-21-6-5-15(14)20-2/h3-4,7-8,14-15,17H,5-6,9H2,1-2H3,(H,18,19)/t14-,15-/m1/s1. The van der Waals surface area contributed by atoms with Gasteiger partial charge >= 0.3 is 0 Å². The Morgan fingerprint density at radius 3 is 3.10 bits per heavy atom. The van der Waals surface area contributed by atoms with Crippen molar-refractivity contribution >= 4 is 16.8 Å². The quantitative estimate of drug-likeness (QED) is 0.908. The number of nitrogens with one attached hydrogen (secondary N) is 2. The third-order valence-electron chi connectivity index (χ3n) is 3.93. The molecule has 0 spiro atoms. The molecule has 0 aliphatic carbocycles. The molecule has 5 nitrogen and oxygen atoms in total. The molecule has 112 valence electrons. The molecule has 0 radical (unpaired) electrons. The molecule has 0 saturated carbocycles. The van der Waals surface area contributed by atoms with Gasteiger partial charge in [-0.25, -0.2) is 0 Å². The number of aromatic amines is 1. The maximum Gasteiger partial charge on any atom is 0.268 e. The van der Waals surface area contributed by atoms with E-state index in [1.165, 1.54) is 5.56 Å². The van der Waals surface area contributed by atoms with Crippen molar-refractivity contribution in [2.45, 2.75) is 25.5 Å². The number of aromatic nitrogens is 1. The van der Waals surface area contributed by atoms with Crippen LogP contribution in [0.2, 0.25) is 0 Å². The average molecular weight is 288 g/mol. The molecule has 1 aromatic carbocycles.